The molecular weight excluding hydrogens is 199 g/mol. The van der Waals surface area contributed by atoms with Crippen molar-refractivity contribution < 1.29 is 25.3 Å². The maximum Gasteiger partial charge on any atom is 2.00 e. The number of carbonyl (C=O) groups is 2. The summed E-state index contributed by atoms with van der Waals surface area (Å²) in [5, 5.41) is 17.3. The Morgan fingerprint density at radius 1 is 1.00 bits per heavy atom. The molecule has 0 aromatic heterocycles. The molecule has 0 bridgehead atoms. The van der Waals surface area contributed by atoms with Crippen LogP contribution >= 0.6 is 23.2 Å². The Hall–Kier alpha value is 0.246. The first kappa shape index (κ1) is 22.5. The zero-order chi connectivity index (χ0) is 7.15. The standard InChI is InChI=1S/2CHClO2.Mg.H2O/c2*2-1(3)4;;/h2*(H,3,4);;1H2/q;;+2;/p-2. The van der Waals surface area contributed by atoms with Gasteiger partial charge in [0.25, 0.3) is 0 Å². The molecule has 56 valence electrons. The molecule has 0 aliphatic carbocycles. The second-order valence-corrected chi connectivity index (χ2v) is 1.09. The van der Waals surface area contributed by atoms with Crippen LogP contribution in [0, 0.1) is 0 Å². The largest absolute Gasteiger partial charge is 2.00 e. The van der Waals surface area contributed by atoms with E-state index in [1.807, 2.05) is 0 Å². The van der Waals surface area contributed by atoms with E-state index in [0.717, 1.165) is 0 Å². The van der Waals surface area contributed by atoms with Crippen LogP contribution in [-0.4, -0.2) is 39.4 Å². The van der Waals surface area contributed by atoms with Gasteiger partial charge >= 0.3 is 23.1 Å². The zero-order valence-corrected chi connectivity index (χ0v) is 7.52. The van der Waals surface area contributed by atoms with Crippen LogP contribution in [0.2, 0.25) is 0 Å². The summed E-state index contributed by atoms with van der Waals surface area (Å²) < 4.78 is 0. The first-order chi connectivity index (χ1) is 3.46. The summed E-state index contributed by atoms with van der Waals surface area (Å²) in [7, 11) is 0. The van der Waals surface area contributed by atoms with Gasteiger partial charge in [0.1, 0.15) is 10.9 Å². The summed E-state index contributed by atoms with van der Waals surface area (Å²) in [4.78, 5) is 17.3. The number of carbonyl (C=O) groups excluding carboxylic acids is 2. The second-order valence-electron chi connectivity index (χ2n) is 0.475. The predicted octanol–water partition coefficient (Wildman–Crippen LogP) is -2.07. The Morgan fingerprint density at radius 2 is 1.00 bits per heavy atom. The summed E-state index contributed by atoms with van der Waals surface area (Å²) in [6.07, 6.45) is 0. The number of hydrogen-bond acceptors (Lipinski definition) is 4. The van der Waals surface area contributed by atoms with Crippen molar-refractivity contribution in [2.45, 2.75) is 0 Å². The second kappa shape index (κ2) is 16.1. The summed E-state index contributed by atoms with van der Waals surface area (Å²) >= 11 is 8.16. The predicted molar refractivity (Wildman–Crippen MR) is 31.9 cm³/mol. The fourth-order valence-electron chi connectivity index (χ4n) is 0. The number of rotatable bonds is 0. The van der Waals surface area contributed by atoms with Gasteiger partial charge < -0.3 is 25.3 Å². The average Bonchev–Trinajstić information content (AvgIpc) is 1.25. The third-order valence-electron chi connectivity index (χ3n) is 0. The van der Waals surface area contributed by atoms with Crippen molar-refractivity contribution in [2.24, 2.45) is 0 Å². The monoisotopic (exact) mass is 200 g/mol. The normalized spacial score (nSPS) is 5.00. The SMILES string of the molecule is O.O=C([O-])Cl.O=C([O-])Cl.[Mg+2]. The Kier molecular flexibility index (Phi) is 36.2. The molecule has 0 aliphatic heterocycles. The molecule has 0 heterocycles. The maximum absolute atomic E-state index is 8.65. The fourth-order valence-corrected chi connectivity index (χ4v) is 0. The van der Waals surface area contributed by atoms with Gasteiger partial charge in [-0.15, -0.1) is 0 Å². The first-order valence-electron chi connectivity index (χ1n) is 1.19. The van der Waals surface area contributed by atoms with Crippen molar-refractivity contribution in [3.8, 4) is 0 Å². The van der Waals surface area contributed by atoms with Crippen molar-refractivity contribution in [2.75, 3.05) is 0 Å². The molecule has 0 saturated heterocycles. The molecule has 5 nitrogen and oxygen atoms in total. The summed E-state index contributed by atoms with van der Waals surface area (Å²) in [6, 6.07) is 0. The quantitative estimate of drug-likeness (QED) is 0.331. The van der Waals surface area contributed by atoms with Crippen LogP contribution in [0.1, 0.15) is 0 Å². The molecule has 0 aliphatic rings. The van der Waals surface area contributed by atoms with Gasteiger partial charge in [0, 0.05) is 0 Å². The van der Waals surface area contributed by atoms with Crippen LogP contribution in [0.5, 0.6) is 0 Å². The van der Waals surface area contributed by atoms with Crippen LogP contribution in [0.25, 0.3) is 0 Å². The average molecular weight is 201 g/mol. The molecule has 0 aromatic carbocycles. The third kappa shape index (κ3) is 7140. The zero-order valence-electron chi connectivity index (χ0n) is 4.60. The minimum absolute atomic E-state index is 0. The molecule has 10 heavy (non-hydrogen) atoms. The van der Waals surface area contributed by atoms with Gasteiger partial charge in [-0.2, -0.15) is 0 Å². The van der Waals surface area contributed by atoms with E-state index in [2.05, 4.69) is 23.2 Å². The van der Waals surface area contributed by atoms with Crippen LogP contribution in [0.4, 0.5) is 9.59 Å². The number of halogens is 2. The van der Waals surface area contributed by atoms with Crippen molar-refractivity contribution in [1.82, 2.24) is 0 Å². The molecule has 8 heteroatoms. The molecule has 0 spiro atoms. The van der Waals surface area contributed by atoms with Crippen LogP contribution in [0.15, 0.2) is 0 Å². The van der Waals surface area contributed by atoms with Gasteiger partial charge in [-0.25, -0.2) is 0 Å². The van der Waals surface area contributed by atoms with E-state index in [0.29, 0.717) is 0 Å². The van der Waals surface area contributed by atoms with Crippen molar-refractivity contribution in [3.05, 3.63) is 0 Å². The first-order valence-corrected chi connectivity index (χ1v) is 1.95. The van der Waals surface area contributed by atoms with E-state index in [9.17, 15) is 0 Å². The van der Waals surface area contributed by atoms with E-state index in [-0.39, 0.29) is 28.5 Å². The van der Waals surface area contributed by atoms with Gasteiger partial charge in [-0.1, -0.05) is 23.2 Å². The van der Waals surface area contributed by atoms with Crippen molar-refractivity contribution in [3.63, 3.8) is 0 Å². The number of carboxylic acid groups (broad SMARTS) is 2. The van der Waals surface area contributed by atoms with E-state index in [1.54, 1.807) is 0 Å². The smallest absolute Gasteiger partial charge is 0.534 e. The molecule has 0 aromatic rings. The van der Waals surface area contributed by atoms with Crippen molar-refractivity contribution in [1.29, 1.82) is 0 Å². The fraction of sp³-hybridized carbons (Fsp3) is 0. The molecule has 0 amide bonds. The van der Waals surface area contributed by atoms with Crippen LogP contribution in [-0.2, 0) is 0 Å². The Labute approximate surface area is 82.4 Å². The maximum atomic E-state index is 8.65. The van der Waals surface area contributed by atoms with Gasteiger partial charge in [-0.3, -0.25) is 0 Å². The molecule has 0 atom stereocenters. The Morgan fingerprint density at radius 3 is 1.00 bits per heavy atom. The van der Waals surface area contributed by atoms with E-state index >= 15 is 0 Å². The van der Waals surface area contributed by atoms with Gasteiger partial charge in [-0.05, 0) is 0 Å². The van der Waals surface area contributed by atoms with Gasteiger partial charge in [0.05, 0.1) is 0 Å². The molecular formula is C2H2Cl2MgO5. The molecule has 0 radical (unpaired) electrons. The molecule has 2 N–H and O–H groups in total. The minimum Gasteiger partial charge on any atom is -0.534 e. The van der Waals surface area contributed by atoms with E-state index in [1.165, 1.54) is 0 Å². The van der Waals surface area contributed by atoms with Crippen molar-refractivity contribution >= 4 is 57.1 Å². The van der Waals surface area contributed by atoms with Gasteiger partial charge in [0.2, 0.25) is 0 Å². The van der Waals surface area contributed by atoms with E-state index in [4.69, 9.17) is 19.8 Å². The topological polar surface area (TPSA) is 112 Å². The van der Waals surface area contributed by atoms with Gasteiger partial charge in [0.15, 0.2) is 0 Å². The molecule has 0 saturated carbocycles. The minimum atomic E-state index is -1.61. The molecule has 0 fully saturated rings. The Balaban J connectivity index is -0.0000000300. The Bertz CT molecular complexity index is 75.6. The third-order valence-corrected chi connectivity index (χ3v) is 0. The van der Waals surface area contributed by atoms with Crippen LogP contribution < -0.4 is 10.2 Å². The molecule has 0 unspecified atom stereocenters. The van der Waals surface area contributed by atoms with E-state index < -0.39 is 10.9 Å². The summed E-state index contributed by atoms with van der Waals surface area (Å²) in [5.41, 5.74) is -3.22. The summed E-state index contributed by atoms with van der Waals surface area (Å²) in [6.45, 7) is 0. The number of hydrogen-bond donors (Lipinski definition) is 0. The summed E-state index contributed by atoms with van der Waals surface area (Å²) in [5.74, 6) is 0. The molecule has 0 rings (SSSR count). The van der Waals surface area contributed by atoms with Crippen LogP contribution in [0.3, 0.4) is 0 Å².